The topological polar surface area (TPSA) is 84.7 Å². The van der Waals surface area contributed by atoms with Gasteiger partial charge in [-0.25, -0.2) is 19.4 Å². The molecule has 7 nitrogen and oxygen atoms in total. The summed E-state index contributed by atoms with van der Waals surface area (Å²) in [6.45, 7) is 4.07. The summed E-state index contributed by atoms with van der Waals surface area (Å²) >= 11 is 0. The van der Waals surface area contributed by atoms with E-state index in [2.05, 4.69) is 44.8 Å². The van der Waals surface area contributed by atoms with Crippen LogP contribution < -0.4 is 10.6 Å². The quantitative estimate of drug-likeness (QED) is 0.750. The van der Waals surface area contributed by atoms with Gasteiger partial charge in [0.05, 0.1) is 18.1 Å². The Bertz CT molecular complexity index is 818. The van der Waals surface area contributed by atoms with Crippen molar-refractivity contribution in [3.8, 4) is 5.95 Å². The second-order valence-electron chi connectivity index (χ2n) is 5.81. The Labute approximate surface area is 146 Å². The highest BCUT2D eigenvalue weighted by molar-refractivity contribution is 5.89. The summed E-state index contributed by atoms with van der Waals surface area (Å²) in [7, 11) is 0. The van der Waals surface area contributed by atoms with Crippen LogP contribution in [0.2, 0.25) is 0 Å². The number of hydrogen-bond donors (Lipinski definition) is 2. The van der Waals surface area contributed by atoms with Gasteiger partial charge in [0.2, 0.25) is 5.95 Å². The van der Waals surface area contributed by atoms with Gasteiger partial charge in [-0.1, -0.05) is 37.3 Å². The molecule has 128 valence electrons. The number of amides is 2. The van der Waals surface area contributed by atoms with Gasteiger partial charge in [0.15, 0.2) is 0 Å². The first-order chi connectivity index (χ1) is 12.1. The standard InChI is InChI=1S/C18H20N6O/c1-13(15-7-4-3-5-8-15)14(2)22-18(25)23-16-11-21-24(12-16)17-19-9-6-10-20-17/h3-14H,1-2H3,(H2,22,23,25)/t13-,14-/m1/s1. The van der Waals surface area contributed by atoms with Crippen LogP contribution in [0.4, 0.5) is 10.5 Å². The highest BCUT2D eigenvalue weighted by Crippen LogP contribution is 2.18. The molecule has 0 bridgehead atoms. The predicted molar refractivity (Wildman–Crippen MR) is 95.6 cm³/mol. The molecule has 0 fully saturated rings. The fourth-order valence-corrected chi connectivity index (χ4v) is 2.45. The second kappa shape index (κ2) is 7.57. The molecule has 0 spiro atoms. The molecule has 2 amide bonds. The number of anilines is 1. The fourth-order valence-electron chi connectivity index (χ4n) is 2.45. The molecule has 2 atom stereocenters. The summed E-state index contributed by atoms with van der Waals surface area (Å²) in [5.41, 5.74) is 1.76. The number of aromatic nitrogens is 4. The van der Waals surface area contributed by atoms with Gasteiger partial charge in [0.1, 0.15) is 0 Å². The van der Waals surface area contributed by atoms with Crippen molar-refractivity contribution >= 4 is 11.7 Å². The van der Waals surface area contributed by atoms with Gasteiger partial charge >= 0.3 is 6.03 Å². The molecule has 0 saturated heterocycles. The van der Waals surface area contributed by atoms with E-state index in [4.69, 9.17) is 0 Å². The van der Waals surface area contributed by atoms with Crippen LogP contribution in [0.15, 0.2) is 61.2 Å². The van der Waals surface area contributed by atoms with Crippen LogP contribution in [0.5, 0.6) is 0 Å². The van der Waals surface area contributed by atoms with Crippen LogP contribution in [-0.4, -0.2) is 31.8 Å². The van der Waals surface area contributed by atoms with E-state index in [-0.39, 0.29) is 18.0 Å². The molecule has 0 saturated carbocycles. The van der Waals surface area contributed by atoms with Crippen LogP contribution in [0.25, 0.3) is 5.95 Å². The van der Waals surface area contributed by atoms with E-state index in [1.807, 2.05) is 25.1 Å². The third kappa shape index (κ3) is 4.20. The minimum Gasteiger partial charge on any atom is -0.335 e. The van der Waals surface area contributed by atoms with Gasteiger partial charge in [-0.2, -0.15) is 5.10 Å². The molecule has 0 radical (unpaired) electrons. The Kier molecular flexibility index (Phi) is 5.03. The zero-order valence-electron chi connectivity index (χ0n) is 14.1. The van der Waals surface area contributed by atoms with Gasteiger partial charge in [0, 0.05) is 24.4 Å². The minimum atomic E-state index is -0.274. The van der Waals surface area contributed by atoms with E-state index in [0.29, 0.717) is 11.6 Å². The monoisotopic (exact) mass is 336 g/mol. The van der Waals surface area contributed by atoms with Crippen LogP contribution >= 0.6 is 0 Å². The van der Waals surface area contributed by atoms with Crippen molar-refractivity contribution < 1.29 is 4.79 Å². The minimum absolute atomic E-state index is 0.0186. The lowest BCUT2D eigenvalue weighted by Gasteiger charge is -2.21. The molecule has 2 heterocycles. The van der Waals surface area contributed by atoms with Gasteiger partial charge in [-0.15, -0.1) is 0 Å². The Morgan fingerprint density at radius 3 is 2.52 bits per heavy atom. The van der Waals surface area contributed by atoms with Crippen LogP contribution in [0.3, 0.4) is 0 Å². The zero-order valence-corrected chi connectivity index (χ0v) is 14.1. The normalized spacial score (nSPS) is 13.0. The molecule has 25 heavy (non-hydrogen) atoms. The highest BCUT2D eigenvalue weighted by Gasteiger charge is 2.16. The molecule has 0 aliphatic heterocycles. The molecule has 7 heteroatoms. The van der Waals surface area contributed by atoms with Crippen molar-refractivity contribution in [1.29, 1.82) is 0 Å². The molecule has 3 rings (SSSR count). The SMILES string of the molecule is C[C@@H](NC(=O)Nc1cnn(-c2ncccn2)c1)[C@@H](C)c1ccccc1. The maximum Gasteiger partial charge on any atom is 0.319 e. The van der Waals surface area contributed by atoms with Crippen molar-refractivity contribution in [2.24, 2.45) is 0 Å². The molecule has 0 aliphatic carbocycles. The Morgan fingerprint density at radius 1 is 1.08 bits per heavy atom. The third-order valence-electron chi connectivity index (χ3n) is 4.03. The van der Waals surface area contributed by atoms with Crippen molar-refractivity contribution in [3.63, 3.8) is 0 Å². The number of nitrogens with one attached hydrogen (secondary N) is 2. The average Bonchev–Trinajstić information content (AvgIpc) is 3.10. The lowest BCUT2D eigenvalue weighted by atomic mass is 9.95. The molecular formula is C18H20N6O. The van der Waals surface area contributed by atoms with Gasteiger partial charge in [-0.05, 0) is 18.6 Å². The first kappa shape index (κ1) is 16.6. The number of carbonyl (C=O) groups excluding carboxylic acids is 1. The molecule has 1 aromatic carbocycles. The Hall–Kier alpha value is -3.22. The Morgan fingerprint density at radius 2 is 1.80 bits per heavy atom. The van der Waals surface area contributed by atoms with Crippen LogP contribution in [0, 0.1) is 0 Å². The van der Waals surface area contributed by atoms with Crippen molar-refractivity contribution in [3.05, 3.63) is 66.7 Å². The van der Waals surface area contributed by atoms with Gasteiger partial charge in [-0.3, -0.25) is 0 Å². The van der Waals surface area contributed by atoms with E-state index in [9.17, 15) is 4.79 Å². The summed E-state index contributed by atoms with van der Waals surface area (Å²) < 4.78 is 1.51. The van der Waals surface area contributed by atoms with Crippen molar-refractivity contribution in [1.82, 2.24) is 25.1 Å². The average molecular weight is 336 g/mol. The van der Waals surface area contributed by atoms with Crippen molar-refractivity contribution in [2.45, 2.75) is 25.8 Å². The molecule has 3 aromatic rings. The van der Waals surface area contributed by atoms with E-state index in [1.54, 1.807) is 30.9 Å². The van der Waals surface area contributed by atoms with Crippen LogP contribution in [-0.2, 0) is 0 Å². The summed E-state index contributed by atoms with van der Waals surface area (Å²) in [6.07, 6.45) is 6.49. The van der Waals surface area contributed by atoms with Crippen molar-refractivity contribution in [2.75, 3.05) is 5.32 Å². The lowest BCUT2D eigenvalue weighted by Crippen LogP contribution is -2.38. The summed E-state index contributed by atoms with van der Waals surface area (Å²) in [6, 6.07) is 11.5. The molecule has 2 N–H and O–H groups in total. The second-order valence-corrected chi connectivity index (χ2v) is 5.81. The third-order valence-corrected chi connectivity index (χ3v) is 4.03. The largest absolute Gasteiger partial charge is 0.335 e. The summed E-state index contributed by atoms with van der Waals surface area (Å²) in [5, 5.41) is 9.89. The first-order valence-corrected chi connectivity index (χ1v) is 8.08. The summed E-state index contributed by atoms with van der Waals surface area (Å²) in [4.78, 5) is 20.4. The highest BCUT2D eigenvalue weighted by atomic mass is 16.2. The van der Waals surface area contributed by atoms with E-state index >= 15 is 0 Å². The van der Waals surface area contributed by atoms with Gasteiger partial charge < -0.3 is 10.6 Å². The van der Waals surface area contributed by atoms with E-state index in [0.717, 1.165) is 0 Å². The number of urea groups is 1. The maximum atomic E-state index is 12.2. The van der Waals surface area contributed by atoms with E-state index < -0.39 is 0 Å². The molecule has 0 unspecified atom stereocenters. The number of carbonyl (C=O) groups is 1. The number of hydrogen-bond acceptors (Lipinski definition) is 4. The fraction of sp³-hybridized carbons (Fsp3) is 0.222. The van der Waals surface area contributed by atoms with Gasteiger partial charge in [0.25, 0.3) is 0 Å². The number of benzene rings is 1. The molecular weight excluding hydrogens is 316 g/mol. The molecule has 2 aromatic heterocycles. The number of nitrogens with zero attached hydrogens (tertiary/aromatic N) is 4. The summed E-state index contributed by atoms with van der Waals surface area (Å²) in [5.74, 6) is 0.648. The molecule has 0 aliphatic rings. The van der Waals surface area contributed by atoms with Crippen LogP contribution in [0.1, 0.15) is 25.3 Å². The zero-order chi connectivity index (χ0) is 17.6. The predicted octanol–water partition coefficient (Wildman–Crippen LogP) is 2.98. The smallest absolute Gasteiger partial charge is 0.319 e. The maximum absolute atomic E-state index is 12.2. The first-order valence-electron chi connectivity index (χ1n) is 8.08. The Balaban J connectivity index is 1.58. The van der Waals surface area contributed by atoms with E-state index in [1.165, 1.54) is 10.2 Å². The lowest BCUT2D eigenvalue weighted by molar-refractivity contribution is 0.248. The number of rotatable bonds is 5.